The molecule has 0 spiro atoms. The minimum Gasteiger partial charge on any atom is -0.371 e. The number of anilines is 1. The zero-order valence-corrected chi connectivity index (χ0v) is 19.5. The summed E-state index contributed by atoms with van der Waals surface area (Å²) in [5, 5.41) is 3.92. The van der Waals surface area contributed by atoms with Gasteiger partial charge in [0, 0.05) is 30.2 Å². The van der Waals surface area contributed by atoms with E-state index in [1.165, 1.54) is 0 Å². The summed E-state index contributed by atoms with van der Waals surface area (Å²) in [6.07, 6.45) is -0.605. The Morgan fingerprint density at radius 2 is 1.71 bits per heavy atom. The first-order valence-electron chi connectivity index (χ1n) is 11.8. The number of aromatic nitrogens is 1. The van der Waals surface area contributed by atoms with Gasteiger partial charge in [-0.2, -0.15) is 13.2 Å². The van der Waals surface area contributed by atoms with E-state index in [2.05, 4.69) is 10.3 Å². The Bertz CT molecular complexity index is 1120. The molecule has 0 radical (unpaired) electrons. The maximum absolute atomic E-state index is 13.5. The van der Waals surface area contributed by atoms with Crippen LogP contribution in [0.2, 0.25) is 0 Å². The fraction of sp³-hybridized carbons (Fsp3) is 0.407. The highest BCUT2D eigenvalue weighted by atomic mass is 19.4. The molecule has 1 aliphatic rings. The van der Waals surface area contributed by atoms with Crippen LogP contribution >= 0.6 is 0 Å². The average molecular weight is 470 g/mol. The fourth-order valence-electron chi connectivity index (χ4n) is 4.96. The summed E-state index contributed by atoms with van der Waals surface area (Å²) in [4.78, 5) is 18.7. The predicted molar refractivity (Wildman–Crippen MR) is 129 cm³/mol. The number of para-hydroxylation sites is 1. The lowest BCUT2D eigenvalue weighted by atomic mass is 9.88. The van der Waals surface area contributed by atoms with Gasteiger partial charge < -0.3 is 10.2 Å². The van der Waals surface area contributed by atoms with Gasteiger partial charge in [0.15, 0.2) is 0 Å². The maximum Gasteiger partial charge on any atom is 0.433 e. The molecular weight excluding hydrogens is 439 g/mol. The molecule has 1 aromatic heterocycles. The number of pyridine rings is 1. The topological polar surface area (TPSA) is 45.2 Å². The van der Waals surface area contributed by atoms with E-state index >= 15 is 0 Å². The number of fused-ring (bicyclic) bond motifs is 1. The van der Waals surface area contributed by atoms with Crippen molar-refractivity contribution in [3.8, 4) is 0 Å². The summed E-state index contributed by atoms with van der Waals surface area (Å²) in [6.45, 7) is 2.01. The molecule has 3 aromatic rings. The van der Waals surface area contributed by atoms with Crippen LogP contribution in [-0.4, -0.2) is 30.0 Å². The van der Waals surface area contributed by atoms with Crippen LogP contribution in [0.25, 0.3) is 10.9 Å². The Morgan fingerprint density at radius 3 is 2.35 bits per heavy atom. The number of halogens is 3. The molecule has 1 unspecified atom stereocenters. The second-order valence-electron chi connectivity index (χ2n) is 9.04. The first-order chi connectivity index (χ1) is 16.3. The maximum atomic E-state index is 13.5. The number of hydrogen-bond donors (Lipinski definition) is 1. The van der Waals surface area contributed by atoms with Crippen molar-refractivity contribution in [3.05, 3.63) is 71.9 Å². The van der Waals surface area contributed by atoms with Gasteiger partial charge in [-0.3, -0.25) is 4.79 Å². The van der Waals surface area contributed by atoms with Crippen LogP contribution in [0, 0.1) is 0 Å². The van der Waals surface area contributed by atoms with Crippen LogP contribution in [-0.2, 0) is 11.0 Å². The third-order valence-corrected chi connectivity index (χ3v) is 6.88. The van der Waals surface area contributed by atoms with Crippen LogP contribution in [0.1, 0.15) is 56.2 Å². The lowest BCUT2D eigenvalue weighted by Crippen LogP contribution is -2.44. The molecule has 7 heteroatoms. The molecule has 34 heavy (non-hydrogen) atoms. The Kier molecular flexibility index (Phi) is 7.10. The lowest BCUT2D eigenvalue weighted by molar-refractivity contribution is -0.140. The first kappa shape index (κ1) is 24.0. The quantitative estimate of drug-likeness (QED) is 0.460. The van der Waals surface area contributed by atoms with Crippen molar-refractivity contribution in [2.75, 3.05) is 11.9 Å². The van der Waals surface area contributed by atoms with Crippen LogP contribution in [0.4, 0.5) is 18.9 Å². The minimum atomic E-state index is -4.50. The van der Waals surface area contributed by atoms with E-state index in [1.54, 1.807) is 12.1 Å². The Hall–Kier alpha value is -3.09. The van der Waals surface area contributed by atoms with Gasteiger partial charge in [0.2, 0.25) is 5.91 Å². The summed E-state index contributed by atoms with van der Waals surface area (Å²) in [6, 6.07) is 18.1. The van der Waals surface area contributed by atoms with Crippen molar-refractivity contribution in [2.45, 2.75) is 63.2 Å². The SMILES string of the molecule is CCC(C(=O)NC1CCC(N(C)c2cc(C(F)(F)F)nc3ccccc23)CC1)c1ccccc1. The van der Waals surface area contributed by atoms with E-state index in [9.17, 15) is 18.0 Å². The highest BCUT2D eigenvalue weighted by molar-refractivity contribution is 5.92. The zero-order valence-electron chi connectivity index (χ0n) is 19.5. The second-order valence-corrected chi connectivity index (χ2v) is 9.04. The number of hydrogen-bond acceptors (Lipinski definition) is 3. The van der Waals surface area contributed by atoms with E-state index in [0.717, 1.165) is 43.7 Å². The molecule has 4 rings (SSSR count). The minimum absolute atomic E-state index is 0.0421. The van der Waals surface area contributed by atoms with Crippen molar-refractivity contribution in [1.29, 1.82) is 0 Å². The van der Waals surface area contributed by atoms with Crippen molar-refractivity contribution < 1.29 is 18.0 Å². The number of alkyl halides is 3. The van der Waals surface area contributed by atoms with Gasteiger partial charge >= 0.3 is 6.18 Å². The molecule has 4 nitrogen and oxygen atoms in total. The molecule has 1 aliphatic carbocycles. The fourth-order valence-corrected chi connectivity index (χ4v) is 4.96. The van der Waals surface area contributed by atoms with E-state index in [-0.39, 0.29) is 23.9 Å². The number of nitrogens with zero attached hydrogens (tertiary/aromatic N) is 2. The number of benzene rings is 2. The van der Waals surface area contributed by atoms with Crippen molar-refractivity contribution >= 4 is 22.5 Å². The molecule has 0 bridgehead atoms. The number of carbonyl (C=O) groups is 1. The summed E-state index contributed by atoms with van der Waals surface area (Å²) >= 11 is 0. The number of amides is 1. The third-order valence-electron chi connectivity index (χ3n) is 6.88. The normalized spacial score (nSPS) is 19.6. The molecule has 1 amide bonds. The van der Waals surface area contributed by atoms with Gasteiger partial charge in [-0.15, -0.1) is 0 Å². The number of nitrogens with one attached hydrogen (secondary N) is 1. The Balaban J connectivity index is 1.44. The molecule has 1 N–H and O–H groups in total. The van der Waals surface area contributed by atoms with Gasteiger partial charge in [-0.1, -0.05) is 55.5 Å². The molecule has 1 heterocycles. The molecule has 0 aliphatic heterocycles. The predicted octanol–water partition coefficient (Wildman–Crippen LogP) is 6.31. The Labute approximate surface area is 198 Å². The van der Waals surface area contributed by atoms with Crippen LogP contribution in [0.5, 0.6) is 0 Å². The summed E-state index contributed by atoms with van der Waals surface area (Å²) in [5.74, 6) is -0.133. The van der Waals surface area contributed by atoms with Gasteiger partial charge in [-0.25, -0.2) is 4.98 Å². The van der Waals surface area contributed by atoms with E-state index in [4.69, 9.17) is 0 Å². The van der Waals surface area contributed by atoms with Gasteiger partial charge in [-0.05, 0) is 49.8 Å². The smallest absolute Gasteiger partial charge is 0.371 e. The van der Waals surface area contributed by atoms with Crippen LogP contribution in [0.15, 0.2) is 60.7 Å². The monoisotopic (exact) mass is 469 g/mol. The van der Waals surface area contributed by atoms with Crippen molar-refractivity contribution in [1.82, 2.24) is 10.3 Å². The Morgan fingerprint density at radius 1 is 1.06 bits per heavy atom. The summed E-state index contributed by atoms with van der Waals surface area (Å²) in [7, 11) is 1.86. The molecule has 1 saturated carbocycles. The number of carbonyl (C=O) groups excluding carboxylic acids is 1. The molecular formula is C27H30F3N3O. The molecule has 1 fully saturated rings. The third kappa shape index (κ3) is 5.18. The molecule has 180 valence electrons. The highest BCUT2D eigenvalue weighted by Gasteiger charge is 2.35. The summed E-state index contributed by atoms with van der Waals surface area (Å²) in [5.41, 5.74) is 1.02. The standard InChI is InChI=1S/C27H30F3N3O/c1-3-21(18-9-5-4-6-10-18)26(34)31-19-13-15-20(16-14-19)33(2)24-17-25(27(28,29)30)32-23-12-8-7-11-22(23)24/h4-12,17,19-21H,3,13-16H2,1-2H3,(H,31,34). The van der Waals surface area contributed by atoms with Crippen LogP contribution in [0.3, 0.4) is 0 Å². The zero-order chi connectivity index (χ0) is 24.3. The van der Waals surface area contributed by atoms with Crippen LogP contribution < -0.4 is 10.2 Å². The first-order valence-corrected chi connectivity index (χ1v) is 11.8. The summed E-state index contributed by atoms with van der Waals surface area (Å²) < 4.78 is 40.4. The molecule has 0 saturated heterocycles. The van der Waals surface area contributed by atoms with Crippen molar-refractivity contribution in [2.24, 2.45) is 0 Å². The second kappa shape index (κ2) is 10.0. The van der Waals surface area contributed by atoms with Gasteiger partial charge in [0.25, 0.3) is 0 Å². The van der Waals surface area contributed by atoms with Gasteiger partial charge in [0.05, 0.1) is 11.4 Å². The van der Waals surface area contributed by atoms with Gasteiger partial charge in [0.1, 0.15) is 5.69 Å². The average Bonchev–Trinajstić information content (AvgIpc) is 2.84. The van der Waals surface area contributed by atoms with Crippen molar-refractivity contribution in [3.63, 3.8) is 0 Å². The van der Waals surface area contributed by atoms with E-state index in [0.29, 0.717) is 16.6 Å². The highest BCUT2D eigenvalue weighted by Crippen LogP contribution is 2.36. The molecule has 1 atom stereocenters. The largest absolute Gasteiger partial charge is 0.433 e. The number of rotatable bonds is 6. The van der Waals surface area contributed by atoms with E-state index < -0.39 is 11.9 Å². The molecule has 2 aromatic carbocycles. The lowest BCUT2D eigenvalue weighted by Gasteiger charge is -2.37. The van der Waals surface area contributed by atoms with E-state index in [1.807, 2.05) is 61.3 Å².